The Labute approximate surface area is 209 Å². The van der Waals surface area contributed by atoms with Crippen LogP contribution in [0.2, 0.25) is 0 Å². The Balaban J connectivity index is 1.63. The molecule has 1 aliphatic heterocycles. The lowest BCUT2D eigenvalue weighted by Gasteiger charge is -2.38. The van der Waals surface area contributed by atoms with Crippen molar-refractivity contribution < 1.29 is 49.3 Å². The van der Waals surface area contributed by atoms with Crippen molar-refractivity contribution in [3.8, 4) is 23.0 Å². The van der Waals surface area contributed by atoms with Crippen molar-refractivity contribution in [1.29, 1.82) is 0 Å². The van der Waals surface area contributed by atoms with E-state index < -0.39 is 36.7 Å². The van der Waals surface area contributed by atoms with Gasteiger partial charge in [-0.15, -0.1) is 0 Å². The number of methoxy groups -OCH3 is 2. The number of phenols is 1. The molecule has 1 fully saturated rings. The molecule has 0 saturated carbocycles. The molecule has 0 unspecified atom stereocenters. The van der Waals surface area contributed by atoms with Gasteiger partial charge in [0.1, 0.15) is 18.3 Å². The number of carboxylic acids is 1. The van der Waals surface area contributed by atoms with Gasteiger partial charge in [0, 0.05) is 0 Å². The van der Waals surface area contributed by atoms with Crippen LogP contribution in [-0.2, 0) is 22.4 Å². The Kier molecular flexibility index (Phi) is 9.02. The van der Waals surface area contributed by atoms with Gasteiger partial charge < -0.3 is 44.5 Å². The zero-order valence-corrected chi connectivity index (χ0v) is 20.7. The average Bonchev–Trinajstić information content (AvgIpc) is 2.85. The first-order valence-corrected chi connectivity index (χ1v) is 11.7. The molecule has 1 saturated heterocycles. The van der Waals surface area contributed by atoms with E-state index in [-0.39, 0.29) is 17.4 Å². The van der Waals surface area contributed by atoms with E-state index in [1.807, 2.05) is 18.2 Å². The van der Waals surface area contributed by atoms with Crippen molar-refractivity contribution in [3.63, 3.8) is 0 Å². The Bertz CT molecular complexity index is 1040. The molecule has 10 nitrogen and oxygen atoms in total. The van der Waals surface area contributed by atoms with Crippen LogP contribution in [-0.4, -0.2) is 76.4 Å². The number of ether oxygens (including phenoxy) is 4. The van der Waals surface area contributed by atoms with Crippen LogP contribution < -0.4 is 14.2 Å². The molecule has 10 heteroatoms. The summed E-state index contributed by atoms with van der Waals surface area (Å²) in [4.78, 5) is 11.3. The number of phenolic OH excluding ortho intramolecular Hbond substituents is 1. The van der Waals surface area contributed by atoms with E-state index in [4.69, 9.17) is 24.1 Å². The Morgan fingerprint density at radius 3 is 1.94 bits per heavy atom. The minimum absolute atomic E-state index is 0.0541. The SMILES string of the molecule is COc1ccc(C[C@H](C)[C@H](C)Cc2ccc(O[C@@H]3O[C@H](C(=O)O)[C@@H](O)[C@H](O)[C@H]3O)c(O)c2)cc1OC. The molecular weight excluding hydrogens is 472 g/mol. The van der Waals surface area contributed by atoms with Gasteiger partial charge in [0.2, 0.25) is 6.29 Å². The highest BCUT2D eigenvalue weighted by Gasteiger charge is 2.48. The van der Waals surface area contributed by atoms with Crippen molar-refractivity contribution in [2.45, 2.75) is 57.4 Å². The molecule has 2 aromatic rings. The number of aliphatic carboxylic acids is 1. The number of hydrogen-bond donors (Lipinski definition) is 5. The number of rotatable bonds is 10. The summed E-state index contributed by atoms with van der Waals surface area (Å²) in [6.45, 7) is 4.27. The summed E-state index contributed by atoms with van der Waals surface area (Å²) < 4.78 is 21.2. The predicted octanol–water partition coefficient (Wildman–Crippen LogP) is 1.74. The van der Waals surface area contributed by atoms with Crippen LogP contribution >= 0.6 is 0 Å². The van der Waals surface area contributed by atoms with E-state index >= 15 is 0 Å². The smallest absolute Gasteiger partial charge is 0.335 e. The quantitative estimate of drug-likeness (QED) is 0.322. The zero-order chi connectivity index (χ0) is 26.6. The Hall–Kier alpha value is -3.05. The third-order valence-electron chi connectivity index (χ3n) is 6.61. The molecule has 5 N–H and O–H groups in total. The predicted molar refractivity (Wildman–Crippen MR) is 128 cm³/mol. The third-order valence-corrected chi connectivity index (χ3v) is 6.61. The topological polar surface area (TPSA) is 155 Å². The number of benzene rings is 2. The summed E-state index contributed by atoms with van der Waals surface area (Å²) in [5.74, 6) is 0.137. The van der Waals surface area contributed by atoms with Gasteiger partial charge >= 0.3 is 5.97 Å². The maximum absolute atomic E-state index is 11.3. The van der Waals surface area contributed by atoms with Crippen LogP contribution in [0.25, 0.3) is 0 Å². The van der Waals surface area contributed by atoms with E-state index in [1.54, 1.807) is 20.3 Å². The normalized spacial score (nSPS) is 25.6. The lowest BCUT2D eigenvalue weighted by Crippen LogP contribution is -2.61. The molecule has 3 rings (SSSR count). The molecule has 198 valence electrons. The monoisotopic (exact) mass is 506 g/mol. The number of carboxylic acid groups (broad SMARTS) is 1. The minimum atomic E-state index is -1.82. The fraction of sp³-hybridized carbons (Fsp3) is 0.500. The summed E-state index contributed by atoms with van der Waals surface area (Å²) in [6.07, 6.45) is -7.21. The molecular formula is C26H34O10. The van der Waals surface area contributed by atoms with E-state index in [1.165, 1.54) is 12.1 Å². The van der Waals surface area contributed by atoms with Crippen molar-refractivity contribution in [1.82, 2.24) is 0 Å². The molecule has 0 amide bonds. The molecule has 0 bridgehead atoms. The summed E-state index contributed by atoms with van der Waals surface area (Å²) in [5, 5.41) is 49.5. The van der Waals surface area contributed by atoms with Gasteiger partial charge in [0.05, 0.1) is 14.2 Å². The van der Waals surface area contributed by atoms with Crippen LogP contribution in [0, 0.1) is 11.8 Å². The van der Waals surface area contributed by atoms with Gasteiger partial charge in [-0.25, -0.2) is 4.79 Å². The van der Waals surface area contributed by atoms with Crippen LogP contribution in [0.5, 0.6) is 23.0 Å². The van der Waals surface area contributed by atoms with Crippen molar-refractivity contribution in [2.24, 2.45) is 11.8 Å². The molecule has 2 aromatic carbocycles. The summed E-state index contributed by atoms with van der Waals surface area (Å²) in [7, 11) is 3.20. The summed E-state index contributed by atoms with van der Waals surface area (Å²) >= 11 is 0. The van der Waals surface area contributed by atoms with Crippen LogP contribution in [0.15, 0.2) is 36.4 Å². The standard InChI is InChI=1S/C26H34O10/c1-13(14(2)10-16-6-8-19(33-3)20(12-16)34-4)9-15-5-7-18(17(27)11-15)35-26-23(30)21(28)22(29)24(36-26)25(31)32/h5-8,11-14,21-24,26-30H,9-10H2,1-4H3,(H,31,32)/t13-,14+,21+,22+,23-,24+,26-/m1/s1. The minimum Gasteiger partial charge on any atom is -0.504 e. The van der Waals surface area contributed by atoms with Gasteiger partial charge in [0.15, 0.2) is 29.1 Å². The van der Waals surface area contributed by atoms with E-state index in [0.29, 0.717) is 23.8 Å². The first kappa shape index (κ1) is 27.5. The maximum Gasteiger partial charge on any atom is 0.335 e. The number of aliphatic hydroxyl groups is 3. The van der Waals surface area contributed by atoms with E-state index in [0.717, 1.165) is 17.5 Å². The second-order valence-corrected chi connectivity index (χ2v) is 9.21. The Morgan fingerprint density at radius 1 is 0.861 bits per heavy atom. The number of aromatic hydroxyl groups is 1. The maximum atomic E-state index is 11.3. The molecule has 0 aromatic heterocycles. The van der Waals surface area contributed by atoms with Gasteiger partial charge in [-0.2, -0.15) is 0 Å². The summed E-state index contributed by atoms with van der Waals surface area (Å²) in [6, 6.07) is 10.6. The number of hydrogen-bond acceptors (Lipinski definition) is 9. The summed E-state index contributed by atoms with van der Waals surface area (Å²) in [5.41, 5.74) is 1.98. The third kappa shape index (κ3) is 6.19. The van der Waals surface area contributed by atoms with Crippen molar-refractivity contribution in [3.05, 3.63) is 47.5 Å². The van der Waals surface area contributed by atoms with E-state index in [9.17, 15) is 25.2 Å². The lowest BCUT2D eigenvalue weighted by atomic mass is 9.85. The molecule has 36 heavy (non-hydrogen) atoms. The van der Waals surface area contributed by atoms with Gasteiger partial charge in [-0.3, -0.25) is 0 Å². The van der Waals surface area contributed by atoms with Crippen LogP contribution in [0.3, 0.4) is 0 Å². The lowest BCUT2D eigenvalue weighted by molar-refractivity contribution is -0.271. The fourth-order valence-corrected chi connectivity index (χ4v) is 4.22. The largest absolute Gasteiger partial charge is 0.504 e. The average molecular weight is 507 g/mol. The van der Waals surface area contributed by atoms with Crippen LogP contribution in [0.1, 0.15) is 25.0 Å². The molecule has 0 aliphatic carbocycles. The van der Waals surface area contributed by atoms with Crippen LogP contribution in [0.4, 0.5) is 0 Å². The van der Waals surface area contributed by atoms with Gasteiger partial charge in [-0.05, 0) is 60.1 Å². The second-order valence-electron chi connectivity index (χ2n) is 9.21. The van der Waals surface area contributed by atoms with Crippen molar-refractivity contribution in [2.75, 3.05) is 14.2 Å². The second kappa shape index (κ2) is 11.8. The highest BCUT2D eigenvalue weighted by atomic mass is 16.7. The number of carbonyl (C=O) groups is 1. The van der Waals surface area contributed by atoms with Gasteiger partial charge in [-0.1, -0.05) is 26.0 Å². The first-order chi connectivity index (χ1) is 17.0. The molecule has 0 spiro atoms. The fourth-order valence-electron chi connectivity index (χ4n) is 4.22. The highest BCUT2D eigenvalue weighted by Crippen LogP contribution is 2.33. The first-order valence-electron chi connectivity index (χ1n) is 11.7. The van der Waals surface area contributed by atoms with Crippen molar-refractivity contribution >= 4 is 5.97 Å². The molecule has 1 heterocycles. The highest BCUT2D eigenvalue weighted by molar-refractivity contribution is 5.73. The molecule has 1 aliphatic rings. The zero-order valence-electron chi connectivity index (χ0n) is 20.7. The molecule has 7 atom stereocenters. The van der Waals surface area contributed by atoms with E-state index in [2.05, 4.69) is 13.8 Å². The van der Waals surface area contributed by atoms with Gasteiger partial charge in [0.25, 0.3) is 0 Å². The molecule has 0 radical (unpaired) electrons. The Morgan fingerprint density at radius 2 is 1.42 bits per heavy atom. The number of aliphatic hydroxyl groups excluding tert-OH is 3.